The summed E-state index contributed by atoms with van der Waals surface area (Å²) in [5.74, 6) is 0.691. The van der Waals surface area contributed by atoms with Crippen molar-refractivity contribution < 1.29 is 14.0 Å². The molecule has 0 unspecified atom stereocenters. The molecule has 0 bridgehead atoms. The molecule has 0 heterocycles. The van der Waals surface area contributed by atoms with Crippen molar-refractivity contribution in [3.63, 3.8) is 0 Å². The van der Waals surface area contributed by atoms with Gasteiger partial charge in [0.05, 0.1) is 12.5 Å². The number of benzene rings is 2. The van der Waals surface area contributed by atoms with E-state index in [-0.39, 0.29) is 22.5 Å². The van der Waals surface area contributed by atoms with Crippen LogP contribution in [0.15, 0.2) is 60.7 Å². The van der Waals surface area contributed by atoms with Crippen molar-refractivity contribution in [3.8, 4) is 0 Å². The zero-order valence-electron chi connectivity index (χ0n) is 18.1. The molecule has 4 atom stereocenters. The van der Waals surface area contributed by atoms with E-state index in [1.165, 1.54) is 17.5 Å². The number of hydrogen-bond donors (Lipinski definition) is 0. The lowest BCUT2D eigenvalue weighted by Crippen LogP contribution is -2.68. The predicted octanol–water partition coefficient (Wildman–Crippen LogP) is 4.15. The molecule has 2 aromatic carbocycles. The number of hydrogen-bond acceptors (Lipinski definition) is 3. The summed E-state index contributed by atoms with van der Waals surface area (Å²) in [6.07, 6.45) is 1.79. The van der Waals surface area contributed by atoms with Crippen LogP contribution in [0.4, 0.5) is 0 Å². The van der Waals surface area contributed by atoms with Crippen molar-refractivity contribution in [1.82, 2.24) is 0 Å². The van der Waals surface area contributed by atoms with Crippen LogP contribution in [0, 0.1) is 17.3 Å². The highest BCUT2D eigenvalue weighted by Gasteiger charge is 2.70. The molecule has 0 N–H and O–H groups in total. The predicted molar refractivity (Wildman–Crippen MR) is 119 cm³/mol. The number of rotatable bonds is 5. The van der Waals surface area contributed by atoms with E-state index in [9.17, 15) is 4.79 Å². The van der Waals surface area contributed by atoms with Crippen LogP contribution in [0.2, 0.25) is 5.04 Å². The van der Waals surface area contributed by atoms with E-state index >= 15 is 0 Å². The molecule has 29 heavy (non-hydrogen) atoms. The molecular weight excluding hydrogens is 376 g/mol. The summed E-state index contributed by atoms with van der Waals surface area (Å²) in [4.78, 5) is 12.5. The third kappa shape index (κ3) is 3.08. The minimum absolute atomic E-state index is 0.0529. The fourth-order valence-corrected chi connectivity index (χ4v) is 10.4. The Morgan fingerprint density at radius 2 is 1.48 bits per heavy atom. The number of esters is 1. The van der Waals surface area contributed by atoms with E-state index in [1.807, 2.05) is 0 Å². The van der Waals surface area contributed by atoms with E-state index in [0.29, 0.717) is 11.8 Å². The van der Waals surface area contributed by atoms with E-state index < -0.39 is 8.32 Å². The average molecular weight is 409 g/mol. The standard InChI is InChI=1S/C25H32O3Si/c1-18-21-16-25(21,23(26)27-5)17-22(18)28-29(24(2,3)4,19-12-8-6-9-13-19)20-14-10-7-11-15-20/h6-15,18,21-22H,16-17H2,1-5H3/t18-,21-,22+,25-/m1/s1. The summed E-state index contributed by atoms with van der Waals surface area (Å²) < 4.78 is 12.5. The normalized spacial score (nSPS) is 28.7. The summed E-state index contributed by atoms with van der Waals surface area (Å²) in [6.45, 7) is 9.16. The highest BCUT2D eigenvalue weighted by Crippen LogP contribution is 2.67. The smallest absolute Gasteiger partial charge is 0.312 e. The van der Waals surface area contributed by atoms with E-state index in [1.54, 1.807) is 0 Å². The Balaban J connectivity index is 1.79. The Labute approximate surface area is 175 Å². The van der Waals surface area contributed by atoms with Gasteiger partial charge in [-0.1, -0.05) is 88.4 Å². The lowest BCUT2D eigenvalue weighted by atomic mass is 10.0. The van der Waals surface area contributed by atoms with Gasteiger partial charge in [-0.3, -0.25) is 4.79 Å². The second-order valence-electron chi connectivity index (χ2n) is 9.84. The van der Waals surface area contributed by atoms with Crippen LogP contribution in [0.25, 0.3) is 0 Å². The maximum atomic E-state index is 12.5. The van der Waals surface area contributed by atoms with Gasteiger partial charge in [-0.25, -0.2) is 0 Å². The van der Waals surface area contributed by atoms with Crippen LogP contribution in [-0.2, 0) is 14.0 Å². The molecule has 2 aromatic rings. The molecule has 0 radical (unpaired) electrons. The third-order valence-electron chi connectivity index (χ3n) is 7.26. The molecular formula is C25H32O3Si. The van der Waals surface area contributed by atoms with Gasteiger partial charge in [-0.2, -0.15) is 0 Å². The van der Waals surface area contributed by atoms with Gasteiger partial charge in [0.1, 0.15) is 0 Å². The number of ether oxygens (including phenoxy) is 1. The Morgan fingerprint density at radius 1 is 0.966 bits per heavy atom. The molecule has 2 saturated carbocycles. The monoisotopic (exact) mass is 408 g/mol. The van der Waals surface area contributed by atoms with Crippen molar-refractivity contribution in [3.05, 3.63) is 60.7 Å². The van der Waals surface area contributed by atoms with Crippen molar-refractivity contribution >= 4 is 24.7 Å². The zero-order chi connectivity index (χ0) is 20.9. The van der Waals surface area contributed by atoms with Gasteiger partial charge in [-0.05, 0) is 40.1 Å². The Kier molecular flexibility index (Phi) is 4.99. The summed E-state index contributed by atoms with van der Waals surface area (Å²) in [6, 6.07) is 21.5. The quantitative estimate of drug-likeness (QED) is 0.551. The Morgan fingerprint density at radius 3 is 1.93 bits per heavy atom. The van der Waals surface area contributed by atoms with Gasteiger partial charge in [0, 0.05) is 6.10 Å². The fraction of sp³-hybridized carbons (Fsp3) is 0.480. The molecule has 4 rings (SSSR count). The van der Waals surface area contributed by atoms with Gasteiger partial charge in [0.25, 0.3) is 8.32 Å². The summed E-state index contributed by atoms with van der Waals surface area (Å²) >= 11 is 0. The number of fused-ring (bicyclic) bond motifs is 1. The van der Waals surface area contributed by atoms with Crippen LogP contribution in [0.3, 0.4) is 0 Å². The van der Waals surface area contributed by atoms with E-state index in [4.69, 9.17) is 9.16 Å². The number of carbonyl (C=O) groups is 1. The molecule has 0 amide bonds. The van der Waals surface area contributed by atoms with E-state index in [2.05, 4.69) is 88.4 Å². The first-order chi connectivity index (χ1) is 13.8. The van der Waals surface area contributed by atoms with Gasteiger partial charge in [-0.15, -0.1) is 0 Å². The van der Waals surface area contributed by atoms with Crippen molar-refractivity contribution in [2.75, 3.05) is 7.11 Å². The lowest BCUT2D eigenvalue weighted by molar-refractivity contribution is -0.147. The van der Waals surface area contributed by atoms with Crippen molar-refractivity contribution in [1.29, 1.82) is 0 Å². The van der Waals surface area contributed by atoms with Gasteiger partial charge in [0.15, 0.2) is 0 Å². The second kappa shape index (κ2) is 7.10. The van der Waals surface area contributed by atoms with Crippen LogP contribution in [0.5, 0.6) is 0 Å². The molecule has 3 nitrogen and oxygen atoms in total. The molecule has 0 spiro atoms. The first-order valence-corrected chi connectivity index (χ1v) is 12.5. The first-order valence-electron chi connectivity index (χ1n) is 10.6. The molecule has 154 valence electrons. The SMILES string of the molecule is COC(=O)[C@]12C[C@H](O[Si](c3ccccc3)(c3ccccc3)C(C)(C)C)[C@H](C)[C@H]1C2. The fourth-order valence-electron chi connectivity index (χ4n) is 5.65. The Hall–Kier alpha value is -1.91. The molecule has 2 aliphatic carbocycles. The molecule has 4 heteroatoms. The first kappa shape index (κ1) is 20.4. The molecule has 0 aliphatic heterocycles. The van der Waals surface area contributed by atoms with Gasteiger partial charge >= 0.3 is 5.97 Å². The second-order valence-corrected chi connectivity index (χ2v) is 14.1. The Bertz CT molecular complexity index is 834. The average Bonchev–Trinajstić information content (AvgIpc) is 3.39. The third-order valence-corrected chi connectivity index (χ3v) is 12.3. The zero-order valence-corrected chi connectivity index (χ0v) is 19.1. The maximum Gasteiger partial charge on any atom is 0.312 e. The highest BCUT2D eigenvalue weighted by atomic mass is 28.4. The molecule has 0 aromatic heterocycles. The number of carbonyl (C=O) groups excluding carboxylic acids is 1. The molecule has 2 fully saturated rings. The summed E-state index contributed by atoms with van der Waals surface area (Å²) in [5.41, 5.74) is -0.315. The maximum absolute atomic E-state index is 12.5. The summed E-state index contributed by atoms with van der Waals surface area (Å²) in [7, 11) is -1.09. The molecule has 0 saturated heterocycles. The van der Waals surface area contributed by atoms with Crippen LogP contribution >= 0.6 is 0 Å². The van der Waals surface area contributed by atoms with Crippen LogP contribution in [-0.4, -0.2) is 27.5 Å². The minimum Gasteiger partial charge on any atom is -0.469 e. The van der Waals surface area contributed by atoms with Gasteiger partial charge < -0.3 is 9.16 Å². The lowest BCUT2D eigenvalue weighted by Gasteiger charge is -2.45. The highest BCUT2D eigenvalue weighted by molar-refractivity contribution is 6.99. The minimum atomic E-state index is -2.60. The summed E-state index contributed by atoms with van der Waals surface area (Å²) in [5, 5.41) is 2.53. The topological polar surface area (TPSA) is 35.5 Å². The molecule has 2 aliphatic rings. The van der Waals surface area contributed by atoms with E-state index in [0.717, 1.165) is 12.8 Å². The largest absolute Gasteiger partial charge is 0.469 e. The van der Waals surface area contributed by atoms with Crippen LogP contribution < -0.4 is 10.4 Å². The van der Waals surface area contributed by atoms with Gasteiger partial charge in [0.2, 0.25) is 0 Å². The van der Waals surface area contributed by atoms with Crippen molar-refractivity contribution in [2.24, 2.45) is 17.3 Å². The van der Waals surface area contributed by atoms with Crippen LogP contribution in [0.1, 0.15) is 40.5 Å². The number of methoxy groups -OCH3 is 1. The van der Waals surface area contributed by atoms with Crippen molar-refractivity contribution in [2.45, 2.75) is 51.7 Å².